The molecule has 3 atom stereocenters. The number of carbonyl (C=O) groups excluding carboxylic acids is 1. The molecule has 4 nitrogen and oxygen atoms in total. The number of alkyl halides is 1. The number of halogens is 2. The van der Waals surface area contributed by atoms with E-state index in [0.717, 1.165) is 5.56 Å². The van der Waals surface area contributed by atoms with E-state index in [2.05, 4.69) is 0 Å². The number of rotatable bonds is 4. The highest BCUT2D eigenvalue weighted by atomic mass is 19.1. The van der Waals surface area contributed by atoms with Gasteiger partial charge in [-0.05, 0) is 49.6 Å². The summed E-state index contributed by atoms with van der Waals surface area (Å²) in [5.41, 5.74) is 2.84. The Morgan fingerprint density at radius 1 is 1.10 bits per heavy atom. The van der Waals surface area contributed by atoms with Crippen LogP contribution in [0.15, 0.2) is 42.5 Å². The van der Waals surface area contributed by atoms with Crippen LogP contribution in [0.3, 0.4) is 0 Å². The molecule has 2 aromatic carbocycles. The van der Waals surface area contributed by atoms with Crippen molar-refractivity contribution in [2.24, 2.45) is 0 Å². The molecule has 2 saturated heterocycles. The molecule has 0 aliphatic carbocycles. The van der Waals surface area contributed by atoms with Gasteiger partial charge in [0.05, 0.1) is 6.04 Å². The third-order valence-electron chi connectivity index (χ3n) is 6.18. The molecule has 2 aromatic rings. The average molecular weight is 400 g/mol. The van der Waals surface area contributed by atoms with Gasteiger partial charge in [-0.3, -0.25) is 9.69 Å². The smallest absolute Gasteiger partial charge is 0.240 e. The first-order valence-corrected chi connectivity index (χ1v) is 10.1. The lowest BCUT2D eigenvalue weighted by molar-refractivity contribution is -0.133. The van der Waals surface area contributed by atoms with Gasteiger partial charge in [0.1, 0.15) is 6.17 Å². The van der Waals surface area contributed by atoms with Crippen LogP contribution >= 0.6 is 0 Å². The second kappa shape index (κ2) is 8.11. The third kappa shape index (κ3) is 4.13. The number of piperidine rings is 1. The van der Waals surface area contributed by atoms with Crippen LogP contribution in [-0.2, 0) is 11.3 Å². The van der Waals surface area contributed by atoms with E-state index < -0.39 is 23.7 Å². The molecule has 29 heavy (non-hydrogen) atoms. The fourth-order valence-electron chi connectivity index (χ4n) is 4.47. The zero-order chi connectivity index (χ0) is 20.5. The first-order valence-electron chi connectivity index (χ1n) is 10.1. The van der Waals surface area contributed by atoms with Crippen molar-refractivity contribution in [2.75, 3.05) is 19.6 Å². The van der Waals surface area contributed by atoms with Crippen LogP contribution in [0, 0.1) is 12.7 Å². The number of hydrogen-bond donors (Lipinski definition) is 1. The molecule has 1 amide bonds. The van der Waals surface area contributed by atoms with E-state index in [9.17, 15) is 18.7 Å². The van der Waals surface area contributed by atoms with Gasteiger partial charge < -0.3 is 10.0 Å². The number of aryl methyl sites for hydroxylation is 1. The Hall–Kier alpha value is -2.47. The summed E-state index contributed by atoms with van der Waals surface area (Å²) in [6.07, 6.45) is 0.0508. The van der Waals surface area contributed by atoms with Crippen molar-refractivity contribution in [3.8, 4) is 5.75 Å². The lowest BCUT2D eigenvalue weighted by Gasteiger charge is -2.37. The topological polar surface area (TPSA) is 43.8 Å². The summed E-state index contributed by atoms with van der Waals surface area (Å²) in [7, 11) is 0. The molecule has 0 radical (unpaired) electrons. The lowest BCUT2D eigenvalue weighted by atomic mass is 9.87. The van der Waals surface area contributed by atoms with Crippen LogP contribution < -0.4 is 0 Å². The van der Waals surface area contributed by atoms with Crippen molar-refractivity contribution >= 4 is 5.91 Å². The Morgan fingerprint density at radius 3 is 2.55 bits per heavy atom. The molecule has 2 aliphatic rings. The summed E-state index contributed by atoms with van der Waals surface area (Å²) in [5, 5.41) is 9.35. The van der Waals surface area contributed by atoms with E-state index >= 15 is 0 Å². The van der Waals surface area contributed by atoms with E-state index in [1.165, 1.54) is 17.7 Å². The minimum atomic E-state index is -1.17. The van der Waals surface area contributed by atoms with Gasteiger partial charge in [0.25, 0.3) is 0 Å². The summed E-state index contributed by atoms with van der Waals surface area (Å²) < 4.78 is 28.6. The Labute approximate surface area is 169 Å². The highest BCUT2D eigenvalue weighted by molar-refractivity contribution is 5.84. The zero-order valence-electron chi connectivity index (χ0n) is 16.5. The summed E-state index contributed by atoms with van der Waals surface area (Å²) in [6.45, 7) is 4.06. The van der Waals surface area contributed by atoms with Crippen LogP contribution in [-0.4, -0.2) is 52.7 Å². The number of amides is 1. The predicted molar refractivity (Wildman–Crippen MR) is 107 cm³/mol. The van der Waals surface area contributed by atoms with E-state index in [1.54, 1.807) is 6.07 Å². The fraction of sp³-hybridized carbons (Fsp3) is 0.435. The predicted octanol–water partition coefficient (Wildman–Crippen LogP) is 3.77. The summed E-state index contributed by atoms with van der Waals surface area (Å²) in [5.74, 6) is -1.50. The minimum absolute atomic E-state index is 0.0619. The van der Waals surface area contributed by atoms with Gasteiger partial charge >= 0.3 is 0 Å². The Balaban J connectivity index is 1.38. The highest BCUT2D eigenvalue weighted by Gasteiger charge is 2.40. The van der Waals surface area contributed by atoms with Gasteiger partial charge in [0, 0.05) is 25.6 Å². The van der Waals surface area contributed by atoms with Gasteiger partial charge in [-0.1, -0.05) is 35.9 Å². The average Bonchev–Trinajstić information content (AvgIpc) is 3.06. The summed E-state index contributed by atoms with van der Waals surface area (Å²) in [4.78, 5) is 16.7. The van der Waals surface area contributed by atoms with E-state index in [-0.39, 0.29) is 18.5 Å². The lowest BCUT2D eigenvalue weighted by Crippen LogP contribution is -2.49. The van der Waals surface area contributed by atoms with E-state index in [1.807, 2.05) is 41.0 Å². The van der Waals surface area contributed by atoms with Crippen LogP contribution in [0.5, 0.6) is 5.75 Å². The molecular formula is C23H26F2N2O2. The molecule has 2 fully saturated rings. The summed E-state index contributed by atoms with van der Waals surface area (Å²) in [6, 6.07) is 11.9. The van der Waals surface area contributed by atoms with Crippen LogP contribution in [0.1, 0.15) is 35.4 Å². The van der Waals surface area contributed by atoms with Crippen molar-refractivity contribution in [2.45, 2.75) is 44.4 Å². The van der Waals surface area contributed by atoms with Gasteiger partial charge in [-0.25, -0.2) is 8.78 Å². The van der Waals surface area contributed by atoms with Crippen molar-refractivity contribution in [1.82, 2.24) is 9.80 Å². The quantitative estimate of drug-likeness (QED) is 0.850. The van der Waals surface area contributed by atoms with Gasteiger partial charge in [-0.15, -0.1) is 0 Å². The first-order chi connectivity index (χ1) is 13.9. The van der Waals surface area contributed by atoms with Crippen LogP contribution in [0.4, 0.5) is 8.78 Å². The third-order valence-corrected chi connectivity index (χ3v) is 6.18. The van der Waals surface area contributed by atoms with Gasteiger partial charge in [-0.2, -0.15) is 0 Å². The normalized spacial score (nSPS) is 25.6. The monoisotopic (exact) mass is 400 g/mol. The maximum atomic E-state index is 14.9. The largest absolute Gasteiger partial charge is 0.505 e. The number of carbonyl (C=O) groups is 1. The SMILES string of the molecule is Cc1ccc(CN2CC[C@@H](N3CC[C@@H](c4ccc(O)c(F)c4)[C@H](F)C3)C2=O)cc1. The van der Waals surface area contributed by atoms with E-state index in [0.29, 0.717) is 38.0 Å². The fourth-order valence-corrected chi connectivity index (χ4v) is 4.47. The molecule has 6 heteroatoms. The standard InChI is InChI=1S/C23H26F2N2O2/c1-15-2-4-16(5-3-15)13-27-11-9-21(23(27)29)26-10-8-18(20(25)14-26)17-6-7-22(28)19(24)12-17/h2-7,12,18,20-21,28H,8-11,13-14H2,1H3/t18-,20+,21+/m0/s1. The number of benzene rings is 2. The number of aromatic hydroxyl groups is 1. The molecule has 0 bridgehead atoms. The number of likely N-dealkylation sites (tertiary alicyclic amines) is 2. The van der Waals surface area contributed by atoms with Crippen molar-refractivity contribution in [3.05, 3.63) is 65.0 Å². The zero-order valence-corrected chi connectivity index (χ0v) is 16.5. The molecular weight excluding hydrogens is 374 g/mol. The molecule has 0 aromatic heterocycles. The van der Waals surface area contributed by atoms with Crippen molar-refractivity contribution in [1.29, 1.82) is 0 Å². The van der Waals surface area contributed by atoms with Crippen LogP contribution in [0.2, 0.25) is 0 Å². The second-order valence-corrected chi connectivity index (χ2v) is 8.17. The number of hydrogen-bond acceptors (Lipinski definition) is 3. The van der Waals surface area contributed by atoms with E-state index in [4.69, 9.17) is 0 Å². The number of phenols is 1. The molecule has 154 valence electrons. The van der Waals surface area contributed by atoms with Gasteiger partial charge in [0.15, 0.2) is 11.6 Å². The maximum absolute atomic E-state index is 14.9. The highest BCUT2D eigenvalue weighted by Crippen LogP contribution is 2.34. The minimum Gasteiger partial charge on any atom is -0.505 e. The Morgan fingerprint density at radius 2 is 1.86 bits per heavy atom. The molecule has 4 rings (SSSR count). The van der Waals surface area contributed by atoms with Crippen molar-refractivity contribution in [3.63, 3.8) is 0 Å². The molecule has 2 aliphatic heterocycles. The maximum Gasteiger partial charge on any atom is 0.240 e. The molecule has 0 unspecified atom stereocenters. The summed E-state index contributed by atoms with van der Waals surface area (Å²) >= 11 is 0. The molecule has 1 N–H and O–H groups in total. The van der Waals surface area contributed by atoms with Crippen molar-refractivity contribution < 1.29 is 18.7 Å². The Kier molecular flexibility index (Phi) is 5.54. The first kappa shape index (κ1) is 19.8. The molecule has 0 spiro atoms. The second-order valence-electron chi connectivity index (χ2n) is 8.17. The number of phenolic OH excluding ortho intramolecular Hbond substituents is 1. The number of nitrogens with zero attached hydrogens (tertiary/aromatic N) is 2. The van der Waals surface area contributed by atoms with Gasteiger partial charge in [0.2, 0.25) is 5.91 Å². The molecule has 0 saturated carbocycles. The Bertz CT molecular complexity index is 887. The van der Waals surface area contributed by atoms with Crippen LogP contribution in [0.25, 0.3) is 0 Å². The molecule has 2 heterocycles.